The third-order valence-electron chi connectivity index (χ3n) is 2.57. The van der Waals surface area contributed by atoms with E-state index in [-0.39, 0.29) is 23.0 Å². The summed E-state index contributed by atoms with van der Waals surface area (Å²) in [5.41, 5.74) is 0.669. The summed E-state index contributed by atoms with van der Waals surface area (Å²) < 4.78 is 0. The number of aromatic nitrogens is 2. The Morgan fingerprint density at radius 2 is 2.05 bits per heavy atom. The number of carbonyl (C=O) groups excluding carboxylic acids is 2. The maximum absolute atomic E-state index is 11.9. The molecule has 0 radical (unpaired) electrons. The summed E-state index contributed by atoms with van der Waals surface area (Å²) in [6.45, 7) is 1.44. The van der Waals surface area contributed by atoms with Crippen LogP contribution in [-0.2, 0) is 4.79 Å². The summed E-state index contributed by atoms with van der Waals surface area (Å²) in [5, 5.41) is 3.05. The highest BCUT2D eigenvalue weighted by molar-refractivity contribution is 7.99. The first-order valence-electron chi connectivity index (χ1n) is 6.14. The lowest BCUT2D eigenvalue weighted by Crippen LogP contribution is -2.16. The summed E-state index contributed by atoms with van der Waals surface area (Å²) in [7, 11) is 0. The number of ketones is 1. The molecule has 2 aromatic rings. The topological polar surface area (TPSA) is 91.9 Å². The molecule has 108 valence electrons. The molecule has 0 saturated heterocycles. The molecule has 0 atom stereocenters. The Labute approximate surface area is 125 Å². The molecule has 1 amide bonds. The van der Waals surface area contributed by atoms with Crippen molar-refractivity contribution >= 4 is 29.1 Å². The van der Waals surface area contributed by atoms with Gasteiger partial charge in [-0.05, 0) is 19.1 Å². The normalized spacial score (nSPS) is 10.1. The van der Waals surface area contributed by atoms with Gasteiger partial charge in [-0.15, -0.1) is 0 Å². The molecule has 1 aromatic carbocycles. The smallest absolute Gasteiger partial charge is 0.251 e. The van der Waals surface area contributed by atoms with Gasteiger partial charge in [-0.1, -0.05) is 23.9 Å². The number of nitrogens with zero attached hydrogens (tertiary/aromatic N) is 1. The van der Waals surface area contributed by atoms with Crippen molar-refractivity contribution in [1.82, 2.24) is 9.97 Å². The van der Waals surface area contributed by atoms with Gasteiger partial charge in [0.25, 0.3) is 5.56 Å². The summed E-state index contributed by atoms with van der Waals surface area (Å²) in [6, 6.07) is 8.10. The molecule has 0 saturated carbocycles. The number of carbonyl (C=O) groups is 2. The van der Waals surface area contributed by atoms with Crippen molar-refractivity contribution in [3.8, 4) is 0 Å². The van der Waals surface area contributed by atoms with Gasteiger partial charge in [-0.3, -0.25) is 14.4 Å². The van der Waals surface area contributed by atoms with Crippen LogP contribution in [0.4, 0.5) is 5.69 Å². The summed E-state index contributed by atoms with van der Waals surface area (Å²) in [4.78, 5) is 40.9. The van der Waals surface area contributed by atoms with Crippen LogP contribution in [0.25, 0.3) is 0 Å². The van der Waals surface area contributed by atoms with Gasteiger partial charge < -0.3 is 10.3 Å². The van der Waals surface area contributed by atoms with Crippen LogP contribution in [0.3, 0.4) is 0 Å². The minimum Gasteiger partial charge on any atom is -0.325 e. The third kappa shape index (κ3) is 4.28. The standard InChI is InChI=1S/C14H13N3O3S/c1-9(18)10-4-2-3-5-11(10)16-13(20)8-21-14-15-7-6-12(19)17-14/h2-7H,8H2,1H3,(H,16,20)(H,15,17,19). The number of H-pyrrole nitrogens is 1. The van der Waals surface area contributed by atoms with Crippen LogP contribution in [0.15, 0.2) is 46.5 Å². The Balaban J connectivity index is 1.99. The van der Waals surface area contributed by atoms with E-state index in [1.165, 1.54) is 19.2 Å². The van der Waals surface area contributed by atoms with Gasteiger partial charge >= 0.3 is 0 Å². The zero-order chi connectivity index (χ0) is 15.2. The van der Waals surface area contributed by atoms with E-state index in [0.717, 1.165) is 11.8 Å². The molecule has 0 fully saturated rings. The summed E-state index contributed by atoms with van der Waals surface area (Å²) in [6.07, 6.45) is 1.38. The van der Waals surface area contributed by atoms with Crippen LogP contribution >= 0.6 is 11.8 Å². The second kappa shape index (κ2) is 6.85. The fourth-order valence-corrected chi connectivity index (χ4v) is 2.29. The number of benzene rings is 1. The molecule has 0 aliphatic rings. The second-order valence-electron chi connectivity index (χ2n) is 4.18. The Bertz CT molecular complexity index is 727. The molecule has 0 spiro atoms. The summed E-state index contributed by atoms with van der Waals surface area (Å²) in [5.74, 6) is -0.313. The van der Waals surface area contributed by atoms with Gasteiger partial charge in [-0.2, -0.15) is 0 Å². The van der Waals surface area contributed by atoms with E-state index < -0.39 is 0 Å². The van der Waals surface area contributed by atoms with Gasteiger partial charge in [0.15, 0.2) is 10.9 Å². The molecule has 0 unspecified atom stereocenters. The Morgan fingerprint density at radius 1 is 1.29 bits per heavy atom. The van der Waals surface area contributed by atoms with E-state index >= 15 is 0 Å². The Kier molecular flexibility index (Phi) is 4.89. The van der Waals surface area contributed by atoms with Crippen LogP contribution in [-0.4, -0.2) is 27.4 Å². The van der Waals surface area contributed by atoms with Crippen molar-refractivity contribution in [2.24, 2.45) is 0 Å². The van der Waals surface area contributed by atoms with Crippen molar-refractivity contribution in [2.75, 3.05) is 11.1 Å². The zero-order valence-corrected chi connectivity index (χ0v) is 12.1. The third-order valence-corrected chi connectivity index (χ3v) is 3.46. The van der Waals surface area contributed by atoms with Crippen molar-refractivity contribution in [1.29, 1.82) is 0 Å². The molecule has 0 bridgehead atoms. The second-order valence-corrected chi connectivity index (χ2v) is 5.14. The number of thioether (sulfide) groups is 1. The first-order chi connectivity index (χ1) is 10.1. The number of hydrogen-bond acceptors (Lipinski definition) is 5. The van der Waals surface area contributed by atoms with Crippen molar-refractivity contribution in [3.05, 3.63) is 52.4 Å². The summed E-state index contributed by atoms with van der Waals surface area (Å²) >= 11 is 1.11. The van der Waals surface area contributed by atoms with Crippen LogP contribution in [0.5, 0.6) is 0 Å². The van der Waals surface area contributed by atoms with Gasteiger partial charge in [0, 0.05) is 17.8 Å². The average molecular weight is 303 g/mol. The van der Waals surface area contributed by atoms with Crippen LogP contribution in [0.1, 0.15) is 17.3 Å². The number of aromatic amines is 1. The zero-order valence-electron chi connectivity index (χ0n) is 11.3. The van der Waals surface area contributed by atoms with E-state index in [1.807, 2.05) is 0 Å². The van der Waals surface area contributed by atoms with Crippen LogP contribution in [0, 0.1) is 0 Å². The van der Waals surface area contributed by atoms with Crippen molar-refractivity contribution in [3.63, 3.8) is 0 Å². The highest BCUT2D eigenvalue weighted by Gasteiger charge is 2.10. The lowest BCUT2D eigenvalue weighted by Gasteiger charge is -2.08. The monoisotopic (exact) mass is 303 g/mol. The molecule has 21 heavy (non-hydrogen) atoms. The van der Waals surface area contributed by atoms with Gasteiger partial charge in [0.2, 0.25) is 5.91 Å². The number of nitrogens with one attached hydrogen (secondary N) is 2. The molecule has 0 aliphatic heterocycles. The molecular weight excluding hydrogens is 290 g/mol. The number of para-hydroxylation sites is 1. The minimum atomic E-state index is -0.278. The lowest BCUT2D eigenvalue weighted by atomic mass is 10.1. The number of rotatable bonds is 5. The van der Waals surface area contributed by atoms with E-state index in [9.17, 15) is 14.4 Å². The largest absolute Gasteiger partial charge is 0.325 e. The first kappa shape index (κ1) is 15.0. The predicted octanol–water partition coefficient (Wildman–Crippen LogP) is 1.70. The van der Waals surface area contributed by atoms with Crippen LogP contribution < -0.4 is 10.9 Å². The molecule has 2 rings (SSSR count). The number of amides is 1. The first-order valence-corrected chi connectivity index (χ1v) is 7.13. The number of Topliss-reactive ketones (excluding diaryl/α,β-unsaturated/α-hetero) is 1. The van der Waals surface area contributed by atoms with Crippen molar-refractivity contribution in [2.45, 2.75) is 12.1 Å². The predicted molar refractivity (Wildman–Crippen MR) is 80.7 cm³/mol. The highest BCUT2D eigenvalue weighted by Crippen LogP contribution is 2.17. The minimum absolute atomic E-state index is 0.0825. The Hall–Kier alpha value is -2.41. The van der Waals surface area contributed by atoms with E-state index in [4.69, 9.17) is 0 Å². The van der Waals surface area contributed by atoms with Crippen LogP contribution in [0.2, 0.25) is 0 Å². The maximum Gasteiger partial charge on any atom is 0.251 e. The molecule has 0 aliphatic carbocycles. The fourth-order valence-electron chi connectivity index (χ4n) is 1.64. The Morgan fingerprint density at radius 3 is 2.76 bits per heavy atom. The SMILES string of the molecule is CC(=O)c1ccccc1NC(=O)CSc1nccc(=O)[nH]1. The molecule has 7 heteroatoms. The number of hydrogen-bond donors (Lipinski definition) is 2. The van der Waals surface area contributed by atoms with E-state index in [1.54, 1.807) is 24.3 Å². The quantitative estimate of drug-likeness (QED) is 0.498. The molecular formula is C14H13N3O3S. The highest BCUT2D eigenvalue weighted by atomic mass is 32.2. The molecule has 2 N–H and O–H groups in total. The fraction of sp³-hybridized carbons (Fsp3) is 0.143. The van der Waals surface area contributed by atoms with Crippen molar-refractivity contribution < 1.29 is 9.59 Å². The van der Waals surface area contributed by atoms with E-state index in [0.29, 0.717) is 16.4 Å². The molecule has 1 aromatic heterocycles. The lowest BCUT2D eigenvalue weighted by molar-refractivity contribution is -0.113. The maximum atomic E-state index is 11.9. The van der Waals surface area contributed by atoms with Gasteiger partial charge in [-0.25, -0.2) is 4.98 Å². The average Bonchev–Trinajstić information content (AvgIpc) is 2.45. The number of anilines is 1. The molecule has 6 nitrogen and oxygen atoms in total. The van der Waals surface area contributed by atoms with Gasteiger partial charge in [0.1, 0.15) is 0 Å². The van der Waals surface area contributed by atoms with E-state index in [2.05, 4.69) is 15.3 Å². The van der Waals surface area contributed by atoms with Gasteiger partial charge in [0.05, 0.1) is 11.4 Å². The molecule has 1 heterocycles.